The molecule has 1 aromatic rings. The van der Waals surface area contributed by atoms with Gasteiger partial charge < -0.3 is 9.64 Å². The van der Waals surface area contributed by atoms with Gasteiger partial charge in [0, 0.05) is 18.8 Å². The van der Waals surface area contributed by atoms with Gasteiger partial charge in [0.2, 0.25) is 0 Å². The summed E-state index contributed by atoms with van der Waals surface area (Å²) in [5, 5.41) is 0. The molecule has 3 heteroatoms. The summed E-state index contributed by atoms with van der Waals surface area (Å²) in [6.07, 6.45) is 6.47. The molecule has 1 fully saturated rings. The summed E-state index contributed by atoms with van der Waals surface area (Å²) >= 11 is 0. The van der Waals surface area contributed by atoms with E-state index in [4.69, 9.17) is 4.74 Å². The topological polar surface area (TPSA) is 29.5 Å². The Kier molecular flexibility index (Phi) is 4.46. The Morgan fingerprint density at radius 1 is 1.26 bits per heavy atom. The first-order valence-electron chi connectivity index (χ1n) is 7.06. The first-order chi connectivity index (χ1) is 9.15. The lowest BCUT2D eigenvalue weighted by Gasteiger charge is -2.34. The number of nitrogens with zero attached hydrogens (tertiary/aromatic N) is 1. The quantitative estimate of drug-likeness (QED) is 0.779. The zero-order valence-electron chi connectivity index (χ0n) is 12.1. The molecular formula is C16H23NO2. The van der Waals surface area contributed by atoms with Crippen molar-refractivity contribution in [1.29, 1.82) is 0 Å². The molecule has 0 unspecified atom stereocenters. The number of methoxy groups -OCH3 is 1. The van der Waals surface area contributed by atoms with Crippen LogP contribution >= 0.6 is 0 Å². The lowest BCUT2D eigenvalue weighted by Crippen LogP contribution is -2.34. The molecule has 0 amide bonds. The minimum atomic E-state index is -0.253. The van der Waals surface area contributed by atoms with Crippen LogP contribution < -0.4 is 4.90 Å². The summed E-state index contributed by atoms with van der Waals surface area (Å²) in [5.41, 5.74) is 2.83. The lowest BCUT2D eigenvalue weighted by atomic mass is 9.93. The van der Waals surface area contributed by atoms with Crippen LogP contribution in [0.2, 0.25) is 0 Å². The number of carbonyl (C=O) groups is 1. The highest BCUT2D eigenvalue weighted by Crippen LogP contribution is 2.29. The third-order valence-corrected chi connectivity index (χ3v) is 4.21. The Hall–Kier alpha value is -1.51. The van der Waals surface area contributed by atoms with E-state index in [0.29, 0.717) is 11.6 Å². The molecule has 0 spiro atoms. The van der Waals surface area contributed by atoms with Crippen LogP contribution in [0, 0.1) is 6.92 Å². The maximum Gasteiger partial charge on any atom is 0.338 e. The van der Waals surface area contributed by atoms with Crippen LogP contribution in [0.3, 0.4) is 0 Å². The highest BCUT2D eigenvalue weighted by Gasteiger charge is 2.21. The summed E-state index contributed by atoms with van der Waals surface area (Å²) in [6, 6.07) is 6.46. The Morgan fingerprint density at radius 2 is 1.95 bits per heavy atom. The predicted octanol–water partition coefficient (Wildman–Crippen LogP) is 3.55. The zero-order chi connectivity index (χ0) is 13.8. The minimum absolute atomic E-state index is 0.253. The molecule has 1 aromatic carbocycles. The molecule has 0 bridgehead atoms. The lowest BCUT2D eigenvalue weighted by molar-refractivity contribution is 0.0600. The van der Waals surface area contributed by atoms with Crippen LogP contribution in [0.15, 0.2) is 18.2 Å². The number of hydrogen-bond donors (Lipinski definition) is 0. The third kappa shape index (κ3) is 2.91. The van der Waals surface area contributed by atoms with Gasteiger partial charge in [-0.1, -0.05) is 25.3 Å². The maximum atomic E-state index is 11.7. The van der Waals surface area contributed by atoms with Crippen molar-refractivity contribution >= 4 is 11.7 Å². The fourth-order valence-corrected chi connectivity index (χ4v) is 3.00. The third-order valence-electron chi connectivity index (χ3n) is 4.21. The SMILES string of the molecule is COC(=O)c1cccc(N(C)C2CCCCC2)c1C. The van der Waals surface area contributed by atoms with Gasteiger partial charge in [0.05, 0.1) is 12.7 Å². The number of esters is 1. The molecule has 0 saturated heterocycles. The fraction of sp³-hybridized carbons (Fsp3) is 0.562. The van der Waals surface area contributed by atoms with Crippen LogP contribution in [-0.4, -0.2) is 26.2 Å². The normalized spacial score (nSPS) is 16.2. The van der Waals surface area contributed by atoms with Gasteiger partial charge in [-0.2, -0.15) is 0 Å². The number of benzene rings is 1. The molecule has 19 heavy (non-hydrogen) atoms. The summed E-state index contributed by atoms with van der Waals surface area (Å²) < 4.78 is 4.84. The smallest absolute Gasteiger partial charge is 0.338 e. The van der Waals surface area contributed by atoms with Gasteiger partial charge in [0.15, 0.2) is 0 Å². The van der Waals surface area contributed by atoms with E-state index in [9.17, 15) is 4.79 Å². The Bertz CT molecular complexity index is 450. The van der Waals surface area contributed by atoms with Crippen molar-refractivity contribution < 1.29 is 9.53 Å². The van der Waals surface area contributed by atoms with E-state index >= 15 is 0 Å². The molecule has 0 aromatic heterocycles. The van der Waals surface area contributed by atoms with Crippen molar-refractivity contribution in [3.8, 4) is 0 Å². The van der Waals surface area contributed by atoms with Crippen molar-refractivity contribution in [1.82, 2.24) is 0 Å². The van der Waals surface area contributed by atoms with Gasteiger partial charge in [-0.3, -0.25) is 0 Å². The molecule has 0 heterocycles. The Morgan fingerprint density at radius 3 is 2.58 bits per heavy atom. The standard InChI is InChI=1S/C16H23NO2/c1-12-14(16(18)19-3)10-7-11-15(12)17(2)13-8-5-4-6-9-13/h7,10-11,13H,4-6,8-9H2,1-3H3. The largest absolute Gasteiger partial charge is 0.465 e. The molecule has 1 aliphatic rings. The summed E-state index contributed by atoms with van der Waals surface area (Å²) in [7, 11) is 3.57. The first-order valence-corrected chi connectivity index (χ1v) is 7.06. The van der Waals surface area contributed by atoms with Gasteiger partial charge in [0.1, 0.15) is 0 Å². The van der Waals surface area contributed by atoms with E-state index in [1.807, 2.05) is 19.1 Å². The van der Waals surface area contributed by atoms with E-state index in [-0.39, 0.29) is 5.97 Å². The van der Waals surface area contributed by atoms with Crippen molar-refractivity contribution in [2.24, 2.45) is 0 Å². The second-order valence-corrected chi connectivity index (χ2v) is 5.34. The van der Waals surface area contributed by atoms with Crippen LogP contribution in [0.25, 0.3) is 0 Å². The second kappa shape index (κ2) is 6.09. The maximum absolute atomic E-state index is 11.7. The molecular weight excluding hydrogens is 238 g/mol. The molecule has 3 nitrogen and oxygen atoms in total. The van der Waals surface area contributed by atoms with E-state index in [1.54, 1.807) is 0 Å². The van der Waals surface area contributed by atoms with Gasteiger partial charge in [0.25, 0.3) is 0 Å². The zero-order valence-corrected chi connectivity index (χ0v) is 12.1. The van der Waals surface area contributed by atoms with E-state index in [0.717, 1.165) is 11.3 Å². The molecule has 1 aliphatic carbocycles. The van der Waals surface area contributed by atoms with E-state index in [2.05, 4.69) is 18.0 Å². The molecule has 1 saturated carbocycles. The summed E-state index contributed by atoms with van der Waals surface area (Å²) in [4.78, 5) is 14.1. The predicted molar refractivity (Wildman–Crippen MR) is 77.8 cm³/mol. The van der Waals surface area contributed by atoms with Gasteiger partial charge in [-0.25, -0.2) is 4.79 Å². The van der Waals surface area contributed by atoms with Crippen molar-refractivity contribution in [2.75, 3.05) is 19.1 Å². The fourth-order valence-electron chi connectivity index (χ4n) is 3.00. The highest BCUT2D eigenvalue weighted by atomic mass is 16.5. The average molecular weight is 261 g/mol. The van der Waals surface area contributed by atoms with Crippen LogP contribution in [-0.2, 0) is 4.74 Å². The van der Waals surface area contributed by atoms with Gasteiger partial charge in [-0.15, -0.1) is 0 Å². The number of carbonyl (C=O) groups excluding carboxylic acids is 1. The molecule has 0 atom stereocenters. The minimum Gasteiger partial charge on any atom is -0.465 e. The number of hydrogen-bond acceptors (Lipinski definition) is 3. The van der Waals surface area contributed by atoms with Crippen LogP contribution in [0.4, 0.5) is 5.69 Å². The molecule has 0 aliphatic heterocycles. The monoisotopic (exact) mass is 261 g/mol. The number of rotatable bonds is 3. The summed E-state index contributed by atoms with van der Waals surface area (Å²) in [6.45, 7) is 2.00. The van der Waals surface area contributed by atoms with E-state index in [1.165, 1.54) is 39.2 Å². The van der Waals surface area contributed by atoms with Gasteiger partial charge in [-0.05, 0) is 37.5 Å². The van der Waals surface area contributed by atoms with Crippen molar-refractivity contribution in [3.05, 3.63) is 29.3 Å². The van der Waals surface area contributed by atoms with Crippen LogP contribution in [0.5, 0.6) is 0 Å². The van der Waals surface area contributed by atoms with Crippen molar-refractivity contribution in [2.45, 2.75) is 45.1 Å². The van der Waals surface area contributed by atoms with Crippen LogP contribution in [0.1, 0.15) is 48.0 Å². The number of ether oxygens (including phenoxy) is 1. The molecule has 0 radical (unpaired) electrons. The molecule has 0 N–H and O–H groups in total. The second-order valence-electron chi connectivity index (χ2n) is 5.34. The van der Waals surface area contributed by atoms with Crippen molar-refractivity contribution in [3.63, 3.8) is 0 Å². The summed E-state index contributed by atoms with van der Waals surface area (Å²) in [5.74, 6) is -0.253. The number of anilines is 1. The molecule has 104 valence electrons. The Balaban J connectivity index is 2.26. The Labute approximate surface area is 115 Å². The molecule has 2 rings (SSSR count). The average Bonchev–Trinajstić information content (AvgIpc) is 2.47. The highest BCUT2D eigenvalue weighted by molar-refractivity contribution is 5.92. The van der Waals surface area contributed by atoms with E-state index < -0.39 is 0 Å². The van der Waals surface area contributed by atoms with Gasteiger partial charge >= 0.3 is 5.97 Å². The first kappa shape index (κ1) is 13.9.